The maximum absolute atomic E-state index is 13.0. The fourth-order valence-corrected chi connectivity index (χ4v) is 4.11. The van der Waals surface area contributed by atoms with Crippen LogP contribution in [-0.2, 0) is 9.59 Å². The van der Waals surface area contributed by atoms with Gasteiger partial charge in [-0.25, -0.2) is 0 Å². The van der Waals surface area contributed by atoms with Crippen LogP contribution in [0.4, 0.5) is 0 Å². The molecule has 2 aromatic carbocycles. The van der Waals surface area contributed by atoms with Gasteiger partial charge in [0.2, 0.25) is 0 Å². The first kappa shape index (κ1) is 19.9. The van der Waals surface area contributed by atoms with Crippen LogP contribution in [0.25, 0.3) is 6.08 Å². The molecule has 2 aromatic rings. The Labute approximate surface area is 171 Å². The van der Waals surface area contributed by atoms with E-state index in [1.165, 1.54) is 7.11 Å². The molecule has 0 spiro atoms. The number of aliphatic carboxylic acids is 1. The van der Waals surface area contributed by atoms with Crippen LogP contribution in [0.2, 0.25) is 0 Å². The second-order valence-electron chi connectivity index (χ2n) is 5.79. The number of hydrogen-bond donors (Lipinski definition) is 0. The number of thioether (sulfide) groups is 1. The molecule has 1 atom stereocenters. The van der Waals surface area contributed by atoms with Crippen LogP contribution in [0.15, 0.2) is 53.4 Å². The van der Waals surface area contributed by atoms with Gasteiger partial charge in [0.15, 0.2) is 0 Å². The van der Waals surface area contributed by atoms with Crippen LogP contribution in [-0.4, -0.2) is 35.3 Å². The van der Waals surface area contributed by atoms with Crippen molar-refractivity contribution >= 4 is 46.3 Å². The van der Waals surface area contributed by atoms with Gasteiger partial charge in [0, 0.05) is 11.6 Å². The zero-order valence-corrected chi connectivity index (χ0v) is 16.7. The van der Waals surface area contributed by atoms with Crippen molar-refractivity contribution in [1.82, 2.24) is 4.90 Å². The van der Waals surface area contributed by atoms with Crippen molar-refractivity contribution in [2.45, 2.75) is 6.04 Å². The lowest BCUT2D eigenvalue weighted by Gasteiger charge is -2.27. The second-order valence-corrected chi connectivity index (χ2v) is 7.47. The Bertz CT molecular complexity index is 958. The number of nitrogens with zero attached hydrogens (tertiary/aromatic N) is 1. The number of rotatable bonds is 6. The molecule has 1 saturated heterocycles. The van der Waals surface area contributed by atoms with E-state index in [9.17, 15) is 14.7 Å². The Morgan fingerprint density at radius 1 is 1.18 bits per heavy atom. The molecule has 1 fully saturated rings. The first-order chi connectivity index (χ1) is 13.5. The highest BCUT2D eigenvalue weighted by atomic mass is 32.2. The SMILES string of the molecule is COc1ccc(/C=C2/SC(=S)N([C@H](C(=O)[O-])c3ccccc3)C2=O)c(OC)c1. The lowest BCUT2D eigenvalue weighted by Crippen LogP contribution is -2.43. The molecule has 1 aliphatic rings. The summed E-state index contributed by atoms with van der Waals surface area (Å²) in [5, 5.41) is 11.8. The van der Waals surface area contributed by atoms with Crippen molar-refractivity contribution in [2.24, 2.45) is 0 Å². The zero-order valence-electron chi connectivity index (χ0n) is 15.1. The highest BCUT2D eigenvalue weighted by molar-refractivity contribution is 8.26. The van der Waals surface area contributed by atoms with E-state index < -0.39 is 17.9 Å². The molecule has 0 aromatic heterocycles. The summed E-state index contributed by atoms with van der Waals surface area (Å²) < 4.78 is 10.7. The summed E-state index contributed by atoms with van der Waals surface area (Å²) in [5.74, 6) is -0.761. The highest BCUT2D eigenvalue weighted by Crippen LogP contribution is 2.39. The van der Waals surface area contributed by atoms with Crippen LogP contribution < -0.4 is 14.6 Å². The molecule has 1 aliphatic heterocycles. The number of carboxylic acids is 1. The van der Waals surface area contributed by atoms with Crippen molar-refractivity contribution in [2.75, 3.05) is 14.2 Å². The molecule has 1 heterocycles. The third kappa shape index (κ3) is 3.88. The average molecular weight is 414 g/mol. The maximum Gasteiger partial charge on any atom is 0.267 e. The predicted octanol–water partition coefficient (Wildman–Crippen LogP) is 2.40. The predicted molar refractivity (Wildman–Crippen MR) is 109 cm³/mol. The summed E-state index contributed by atoms with van der Waals surface area (Å²) in [6, 6.07) is 12.3. The molecule has 8 heteroatoms. The topological polar surface area (TPSA) is 78.9 Å². The van der Waals surface area contributed by atoms with Crippen molar-refractivity contribution in [1.29, 1.82) is 0 Å². The molecule has 0 unspecified atom stereocenters. The number of hydrogen-bond acceptors (Lipinski definition) is 7. The Balaban J connectivity index is 1.97. The molecule has 0 radical (unpaired) electrons. The monoisotopic (exact) mass is 414 g/mol. The maximum atomic E-state index is 13.0. The largest absolute Gasteiger partial charge is 0.547 e. The fourth-order valence-electron chi connectivity index (χ4n) is 2.81. The van der Waals surface area contributed by atoms with Crippen molar-refractivity contribution in [3.8, 4) is 11.5 Å². The van der Waals surface area contributed by atoms with Gasteiger partial charge in [0.25, 0.3) is 5.91 Å². The smallest absolute Gasteiger partial charge is 0.267 e. The molecule has 6 nitrogen and oxygen atoms in total. The van der Waals surface area contributed by atoms with Crippen LogP contribution >= 0.6 is 24.0 Å². The minimum absolute atomic E-state index is 0.154. The molecule has 0 saturated carbocycles. The third-order valence-corrected chi connectivity index (χ3v) is 5.48. The van der Waals surface area contributed by atoms with Gasteiger partial charge in [-0.3, -0.25) is 9.69 Å². The van der Waals surface area contributed by atoms with E-state index in [0.717, 1.165) is 16.7 Å². The van der Waals surface area contributed by atoms with E-state index in [1.54, 1.807) is 61.7 Å². The van der Waals surface area contributed by atoms with E-state index >= 15 is 0 Å². The van der Waals surface area contributed by atoms with Crippen molar-refractivity contribution < 1.29 is 24.2 Å². The van der Waals surface area contributed by atoms with Gasteiger partial charge in [-0.05, 0) is 23.8 Å². The van der Waals surface area contributed by atoms with E-state index in [-0.39, 0.29) is 4.32 Å². The average Bonchev–Trinajstić information content (AvgIpc) is 2.97. The summed E-state index contributed by atoms with van der Waals surface area (Å²) in [6.07, 6.45) is 1.62. The van der Waals surface area contributed by atoms with Crippen LogP contribution in [0.5, 0.6) is 11.5 Å². The summed E-state index contributed by atoms with van der Waals surface area (Å²) in [7, 11) is 3.06. The lowest BCUT2D eigenvalue weighted by atomic mass is 10.1. The number of amides is 1. The number of thiocarbonyl (C=S) groups is 1. The van der Waals surface area contributed by atoms with Gasteiger partial charge in [-0.15, -0.1) is 0 Å². The number of benzene rings is 2. The summed E-state index contributed by atoms with van der Waals surface area (Å²) in [5.41, 5.74) is 1.07. The van der Waals surface area contributed by atoms with Gasteiger partial charge in [0.05, 0.1) is 25.1 Å². The summed E-state index contributed by atoms with van der Waals surface area (Å²) in [6.45, 7) is 0. The van der Waals surface area contributed by atoms with Crippen molar-refractivity contribution in [3.63, 3.8) is 0 Å². The van der Waals surface area contributed by atoms with Crippen molar-refractivity contribution in [3.05, 3.63) is 64.6 Å². The van der Waals surface area contributed by atoms with Crippen LogP contribution in [0, 0.1) is 0 Å². The number of carbonyl (C=O) groups is 2. The summed E-state index contributed by atoms with van der Waals surface area (Å²) in [4.78, 5) is 26.1. The Morgan fingerprint density at radius 2 is 1.89 bits per heavy atom. The molecule has 28 heavy (non-hydrogen) atoms. The quantitative estimate of drug-likeness (QED) is 0.530. The third-order valence-electron chi connectivity index (χ3n) is 4.15. The first-order valence-electron chi connectivity index (χ1n) is 8.21. The standard InChI is InChI=1S/C20H17NO5S2/c1-25-14-9-8-13(15(11-14)26-2)10-16-18(22)21(20(27)28-16)17(19(23)24)12-6-4-3-5-7-12/h3-11,17H,1-2H3,(H,23,24)/p-1/b16-10+/t17-/m0/s1. The van der Waals surface area contributed by atoms with Gasteiger partial charge < -0.3 is 19.4 Å². The Morgan fingerprint density at radius 3 is 2.50 bits per heavy atom. The second kappa shape index (κ2) is 8.45. The van der Waals surface area contributed by atoms with Gasteiger partial charge in [-0.1, -0.05) is 54.3 Å². The molecular formula is C20H16NO5S2-. The molecule has 1 amide bonds. The minimum Gasteiger partial charge on any atom is -0.547 e. The van der Waals surface area contributed by atoms with Crippen LogP contribution in [0.1, 0.15) is 17.2 Å². The highest BCUT2D eigenvalue weighted by Gasteiger charge is 2.38. The first-order valence-corrected chi connectivity index (χ1v) is 9.43. The van der Waals surface area contributed by atoms with Gasteiger partial charge in [-0.2, -0.15) is 0 Å². The number of carboxylic acid groups (broad SMARTS) is 1. The molecular weight excluding hydrogens is 398 g/mol. The molecule has 3 rings (SSSR count). The van der Waals surface area contributed by atoms with Gasteiger partial charge >= 0.3 is 0 Å². The van der Waals surface area contributed by atoms with E-state index in [1.807, 2.05) is 0 Å². The summed E-state index contributed by atoms with van der Waals surface area (Å²) >= 11 is 6.33. The van der Waals surface area contributed by atoms with E-state index in [4.69, 9.17) is 21.7 Å². The normalized spacial score (nSPS) is 16.4. The number of carbonyl (C=O) groups excluding carboxylic acids is 2. The molecule has 0 bridgehead atoms. The molecule has 0 N–H and O–H groups in total. The lowest BCUT2D eigenvalue weighted by molar-refractivity contribution is -0.310. The molecule has 144 valence electrons. The van der Waals surface area contributed by atoms with Gasteiger partial charge in [0.1, 0.15) is 21.9 Å². The zero-order chi connectivity index (χ0) is 20.3. The van der Waals surface area contributed by atoms with E-state index in [0.29, 0.717) is 27.5 Å². The Kier molecular flexibility index (Phi) is 6.01. The van der Waals surface area contributed by atoms with E-state index in [2.05, 4.69) is 0 Å². The van der Waals surface area contributed by atoms with Crippen LogP contribution in [0.3, 0.4) is 0 Å². The minimum atomic E-state index is -1.40. The number of methoxy groups -OCH3 is 2. The molecule has 0 aliphatic carbocycles. The number of ether oxygens (including phenoxy) is 2. The Hall–Kier alpha value is -2.84. The fraction of sp³-hybridized carbons (Fsp3) is 0.150.